The van der Waals surface area contributed by atoms with Crippen LogP contribution in [0.5, 0.6) is 0 Å². The Morgan fingerprint density at radius 2 is 1.90 bits per heavy atom. The van der Waals surface area contributed by atoms with Crippen LogP contribution in [0.25, 0.3) is 22.4 Å². The first kappa shape index (κ1) is 27.1. The lowest BCUT2D eigenvalue weighted by Gasteiger charge is -2.39. The van der Waals surface area contributed by atoms with E-state index >= 15 is 0 Å². The van der Waals surface area contributed by atoms with Crippen molar-refractivity contribution in [2.45, 2.75) is 19.4 Å². The molecule has 2 fully saturated rings. The highest BCUT2D eigenvalue weighted by molar-refractivity contribution is 7.16. The van der Waals surface area contributed by atoms with E-state index in [0.717, 1.165) is 43.4 Å². The number of aliphatic hydroxyl groups excluding tert-OH is 1. The third-order valence-corrected chi connectivity index (χ3v) is 8.65. The van der Waals surface area contributed by atoms with Gasteiger partial charge < -0.3 is 24.2 Å². The first-order chi connectivity index (χ1) is 19.8. The average Bonchev–Trinajstić information content (AvgIpc) is 3.57. The molecule has 0 bridgehead atoms. The molecule has 12 heteroatoms. The number of nitrogens with zero attached hydrogens (tertiary/aromatic N) is 7. The molecule has 0 saturated carbocycles. The molecule has 212 valence electrons. The molecule has 0 aliphatic carbocycles. The number of β-amino-alcohol motifs (C(OH)–C–C–N with tert-alkyl or cyclic N) is 1. The third kappa shape index (κ3) is 5.24. The molecular weight excluding hydrogens is 545 g/mol. The Morgan fingerprint density at radius 1 is 1.17 bits per heavy atom. The highest BCUT2D eigenvalue weighted by Crippen LogP contribution is 2.41. The number of carbonyl (C=O) groups excluding carboxylic acids is 1. The van der Waals surface area contributed by atoms with Crippen molar-refractivity contribution in [2.75, 3.05) is 62.7 Å². The van der Waals surface area contributed by atoms with Gasteiger partial charge in [0.05, 0.1) is 12.6 Å². The predicted octanol–water partition coefficient (Wildman–Crippen LogP) is 3.62. The van der Waals surface area contributed by atoms with Gasteiger partial charge in [0.25, 0.3) is 0 Å². The van der Waals surface area contributed by atoms with Crippen LogP contribution < -0.4 is 9.80 Å². The van der Waals surface area contributed by atoms with Crippen LogP contribution in [-0.2, 0) is 11.2 Å². The molecule has 41 heavy (non-hydrogen) atoms. The number of furan rings is 1. The molecule has 3 aromatic heterocycles. The minimum absolute atomic E-state index is 0.0609. The van der Waals surface area contributed by atoms with E-state index in [1.165, 1.54) is 23.5 Å². The second-order valence-electron chi connectivity index (χ2n) is 10.3. The predicted molar refractivity (Wildman–Crippen MR) is 155 cm³/mol. The summed E-state index contributed by atoms with van der Waals surface area (Å²) >= 11 is 1.27. The Kier molecular flexibility index (Phi) is 7.33. The van der Waals surface area contributed by atoms with Crippen molar-refractivity contribution in [1.29, 1.82) is 5.26 Å². The molecule has 10 nitrogen and oxygen atoms in total. The lowest BCUT2D eigenvalue weighted by Crippen LogP contribution is -2.57. The zero-order chi connectivity index (χ0) is 28.7. The van der Waals surface area contributed by atoms with Crippen LogP contribution >= 0.6 is 11.3 Å². The van der Waals surface area contributed by atoms with Gasteiger partial charge in [0.15, 0.2) is 10.7 Å². The van der Waals surface area contributed by atoms with Crippen LogP contribution in [-0.4, -0.2) is 89.7 Å². The van der Waals surface area contributed by atoms with E-state index in [1.807, 2.05) is 31.0 Å². The van der Waals surface area contributed by atoms with Gasteiger partial charge in [0.2, 0.25) is 5.91 Å². The monoisotopic (exact) mass is 575 g/mol. The molecular formula is C29H30FN7O3S. The first-order valence-electron chi connectivity index (χ1n) is 13.6. The summed E-state index contributed by atoms with van der Waals surface area (Å²) in [5.41, 5.74) is 3.38. The normalized spacial score (nSPS) is 16.2. The molecule has 0 atom stereocenters. The van der Waals surface area contributed by atoms with Crippen molar-refractivity contribution in [3.05, 3.63) is 52.9 Å². The van der Waals surface area contributed by atoms with E-state index in [2.05, 4.69) is 15.9 Å². The minimum Gasteiger partial charge on any atom is -0.457 e. The quantitative estimate of drug-likeness (QED) is 0.353. The number of hydrogen-bond donors (Lipinski definition) is 1. The summed E-state index contributed by atoms with van der Waals surface area (Å²) in [7, 11) is 1.89. The van der Waals surface area contributed by atoms with Gasteiger partial charge in [0.1, 0.15) is 45.2 Å². The van der Waals surface area contributed by atoms with Crippen LogP contribution in [0, 0.1) is 17.1 Å². The highest BCUT2D eigenvalue weighted by atomic mass is 32.1. The second kappa shape index (κ2) is 11.1. The molecule has 0 unspecified atom stereocenters. The van der Waals surface area contributed by atoms with Gasteiger partial charge in [-0.25, -0.2) is 14.4 Å². The maximum absolute atomic E-state index is 13.5. The topological polar surface area (TPSA) is 113 Å². The van der Waals surface area contributed by atoms with E-state index in [1.54, 1.807) is 17.0 Å². The van der Waals surface area contributed by atoms with Crippen molar-refractivity contribution in [3.8, 4) is 17.3 Å². The number of amides is 1. The summed E-state index contributed by atoms with van der Waals surface area (Å²) in [6, 6.07) is 12.1. The molecule has 0 spiro atoms. The SMILES string of the molecule is CCc1oc2ccc(N3CCN(CC(=O)N4CC(O)C4)CC3)nc2c1N(C)c1nc(-c2ccc(F)cc2)c(C#N)s1. The minimum atomic E-state index is -0.391. The van der Waals surface area contributed by atoms with Gasteiger partial charge in [-0.1, -0.05) is 18.3 Å². The standard InChI is InChI=1S/C29H30FN7O3S/c1-3-21-28(34(2)29-33-26(23(14-31)41-29)18-4-6-19(30)7-5-18)27-22(40-21)8-9-24(32-27)36-12-10-35(11-13-36)17-25(39)37-15-20(38)16-37/h4-9,20,38H,3,10-13,15-17H2,1-2H3. The number of hydrogen-bond acceptors (Lipinski definition) is 10. The Morgan fingerprint density at radius 3 is 2.56 bits per heavy atom. The molecule has 2 aliphatic rings. The number of rotatable bonds is 7. The van der Waals surface area contributed by atoms with Gasteiger partial charge in [0, 0.05) is 58.3 Å². The van der Waals surface area contributed by atoms with Crippen LogP contribution in [0.3, 0.4) is 0 Å². The maximum atomic E-state index is 13.5. The summed E-state index contributed by atoms with van der Waals surface area (Å²) in [4.78, 5) is 30.6. The first-order valence-corrected chi connectivity index (χ1v) is 14.4. The average molecular weight is 576 g/mol. The summed E-state index contributed by atoms with van der Waals surface area (Å²) in [6.45, 7) is 6.18. The van der Waals surface area contributed by atoms with Crippen LogP contribution in [0.15, 0.2) is 40.8 Å². The lowest BCUT2D eigenvalue weighted by molar-refractivity contribution is -0.142. The largest absolute Gasteiger partial charge is 0.457 e. The molecule has 2 saturated heterocycles. The van der Waals surface area contributed by atoms with Crippen molar-refractivity contribution >= 4 is 45.0 Å². The van der Waals surface area contributed by atoms with Crippen molar-refractivity contribution in [1.82, 2.24) is 19.8 Å². The Balaban J connectivity index is 1.24. The van der Waals surface area contributed by atoms with E-state index < -0.39 is 6.10 Å². The fraction of sp³-hybridized carbons (Fsp3) is 0.379. The van der Waals surface area contributed by atoms with Crippen LogP contribution in [0.2, 0.25) is 0 Å². The van der Waals surface area contributed by atoms with Gasteiger partial charge in [-0.2, -0.15) is 5.26 Å². The number of carbonyl (C=O) groups is 1. The number of aromatic nitrogens is 2. The number of fused-ring (bicyclic) bond motifs is 1. The van der Waals surface area contributed by atoms with Crippen molar-refractivity contribution in [3.63, 3.8) is 0 Å². The number of anilines is 3. The van der Waals surface area contributed by atoms with Crippen LogP contribution in [0.4, 0.5) is 21.0 Å². The molecule has 1 amide bonds. The Labute approximate surface area is 240 Å². The smallest absolute Gasteiger partial charge is 0.236 e. The van der Waals surface area contributed by atoms with Gasteiger partial charge in [-0.15, -0.1) is 0 Å². The molecule has 1 N–H and O–H groups in total. The molecule has 4 aromatic rings. The number of likely N-dealkylation sites (tertiary alicyclic amines) is 1. The molecule has 0 radical (unpaired) electrons. The molecule has 5 heterocycles. The maximum Gasteiger partial charge on any atom is 0.236 e. The summed E-state index contributed by atoms with van der Waals surface area (Å²) in [5.74, 6) is 1.31. The number of aryl methyl sites for hydroxylation is 1. The van der Waals surface area contributed by atoms with Gasteiger partial charge >= 0.3 is 0 Å². The molecule has 2 aliphatic heterocycles. The molecule has 6 rings (SSSR count). The Hall–Kier alpha value is -4.05. The van der Waals surface area contributed by atoms with E-state index in [9.17, 15) is 19.6 Å². The number of benzene rings is 1. The summed E-state index contributed by atoms with van der Waals surface area (Å²) < 4.78 is 19.7. The number of pyridine rings is 1. The summed E-state index contributed by atoms with van der Waals surface area (Å²) in [6.07, 6.45) is 0.255. The highest BCUT2D eigenvalue weighted by Gasteiger charge is 2.31. The second-order valence-corrected chi connectivity index (χ2v) is 11.3. The fourth-order valence-electron chi connectivity index (χ4n) is 5.28. The van der Waals surface area contributed by atoms with Crippen molar-refractivity contribution < 1.29 is 18.7 Å². The zero-order valence-electron chi connectivity index (χ0n) is 22.9. The van der Waals surface area contributed by atoms with E-state index in [0.29, 0.717) is 58.4 Å². The number of nitriles is 1. The molecule has 1 aromatic carbocycles. The number of aliphatic hydroxyl groups is 1. The summed E-state index contributed by atoms with van der Waals surface area (Å²) in [5, 5.41) is 19.9. The number of halogens is 1. The Bertz CT molecular complexity index is 1620. The van der Waals surface area contributed by atoms with Crippen LogP contribution in [0.1, 0.15) is 17.6 Å². The lowest BCUT2D eigenvalue weighted by atomic mass is 10.1. The van der Waals surface area contributed by atoms with Gasteiger partial charge in [-0.3, -0.25) is 9.69 Å². The van der Waals surface area contributed by atoms with E-state index in [4.69, 9.17) is 14.4 Å². The fourth-order valence-corrected chi connectivity index (χ4v) is 6.13. The number of thiazole rings is 1. The third-order valence-electron chi connectivity index (χ3n) is 7.61. The number of piperazine rings is 1. The van der Waals surface area contributed by atoms with Crippen molar-refractivity contribution in [2.24, 2.45) is 0 Å². The van der Waals surface area contributed by atoms with E-state index in [-0.39, 0.29) is 11.7 Å². The van der Waals surface area contributed by atoms with Gasteiger partial charge in [-0.05, 0) is 36.4 Å². The zero-order valence-corrected chi connectivity index (χ0v) is 23.7.